The zero-order chi connectivity index (χ0) is 18.9. The summed E-state index contributed by atoms with van der Waals surface area (Å²) in [6.07, 6.45) is 2.71. The van der Waals surface area contributed by atoms with E-state index >= 15 is 0 Å². The topological polar surface area (TPSA) is 55.4 Å². The van der Waals surface area contributed by atoms with Crippen LogP contribution in [0.4, 0.5) is 0 Å². The summed E-state index contributed by atoms with van der Waals surface area (Å²) in [4.78, 5) is 26.2. The number of carbonyl (C=O) groups excluding carboxylic acids is 2. The lowest BCUT2D eigenvalue weighted by Gasteiger charge is -2.19. The number of benzene rings is 2. The summed E-state index contributed by atoms with van der Waals surface area (Å²) in [5.41, 5.74) is 1.26. The van der Waals surface area contributed by atoms with Gasteiger partial charge in [-0.1, -0.05) is 56.3 Å². The number of rotatable bonds is 8. The van der Waals surface area contributed by atoms with E-state index in [2.05, 4.69) is 19.2 Å². The van der Waals surface area contributed by atoms with Gasteiger partial charge in [0.15, 0.2) is 6.04 Å². The molecule has 0 saturated heterocycles. The molecule has 0 aliphatic rings. The van der Waals surface area contributed by atoms with Gasteiger partial charge < -0.3 is 10.1 Å². The van der Waals surface area contributed by atoms with Gasteiger partial charge >= 0.3 is 5.97 Å². The third-order valence-electron chi connectivity index (χ3n) is 3.94. The number of carbonyl (C=O) groups is 2. The molecule has 0 aliphatic carbocycles. The summed E-state index contributed by atoms with van der Waals surface area (Å²) in [5.74, 6) is -0.280. The van der Waals surface area contributed by atoms with Crippen LogP contribution in [0.15, 0.2) is 59.5 Å². The van der Waals surface area contributed by atoms with Crippen molar-refractivity contribution in [2.24, 2.45) is 5.92 Å². The van der Waals surface area contributed by atoms with Crippen LogP contribution in [-0.4, -0.2) is 24.7 Å². The molecular weight excluding hydrogens is 346 g/mol. The molecule has 0 unspecified atom stereocenters. The molecule has 0 fully saturated rings. The summed E-state index contributed by atoms with van der Waals surface area (Å²) >= 11 is 1.50. The normalized spacial score (nSPS) is 11.8. The Morgan fingerprint density at radius 2 is 1.69 bits per heavy atom. The van der Waals surface area contributed by atoms with Gasteiger partial charge in [-0.2, -0.15) is 0 Å². The van der Waals surface area contributed by atoms with Crippen LogP contribution in [-0.2, 0) is 9.53 Å². The molecule has 0 aromatic heterocycles. The van der Waals surface area contributed by atoms with Crippen LogP contribution < -0.4 is 5.32 Å². The summed E-state index contributed by atoms with van der Waals surface area (Å²) < 4.78 is 5.40. The van der Waals surface area contributed by atoms with Crippen molar-refractivity contribution in [3.63, 3.8) is 0 Å². The Hall–Kier alpha value is -2.27. The van der Waals surface area contributed by atoms with Crippen LogP contribution >= 0.6 is 11.8 Å². The maximum Gasteiger partial charge on any atom is 0.333 e. The van der Waals surface area contributed by atoms with Crippen molar-refractivity contribution in [2.45, 2.75) is 31.2 Å². The highest BCUT2D eigenvalue weighted by Gasteiger charge is 2.25. The molecule has 138 valence electrons. The highest BCUT2D eigenvalue weighted by molar-refractivity contribution is 7.98. The fourth-order valence-electron chi connectivity index (χ4n) is 2.44. The lowest BCUT2D eigenvalue weighted by atomic mass is 10.1. The highest BCUT2D eigenvalue weighted by Crippen LogP contribution is 2.22. The zero-order valence-electron chi connectivity index (χ0n) is 15.4. The first kappa shape index (κ1) is 20.0. The minimum absolute atomic E-state index is 0.287. The van der Waals surface area contributed by atoms with Crippen LogP contribution in [0.5, 0.6) is 0 Å². The van der Waals surface area contributed by atoms with Crippen LogP contribution in [0.1, 0.15) is 42.2 Å². The number of amides is 1. The number of ether oxygens (including phenoxy) is 1. The first-order chi connectivity index (χ1) is 12.5. The van der Waals surface area contributed by atoms with Gasteiger partial charge in [-0.3, -0.25) is 4.79 Å². The van der Waals surface area contributed by atoms with Crippen molar-refractivity contribution < 1.29 is 14.3 Å². The lowest BCUT2D eigenvalue weighted by Crippen LogP contribution is -2.35. The molecule has 0 radical (unpaired) electrons. The maximum absolute atomic E-state index is 12.8. The smallest absolute Gasteiger partial charge is 0.333 e. The third kappa shape index (κ3) is 5.63. The van der Waals surface area contributed by atoms with E-state index < -0.39 is 12.0 Å². The van der Waals surface area contributed by atoms with E-state index in [1.165, 1.54) is 11.8 Å². The molecule has 2 rings (SSSR count). The van der Waals surface area contributed by atoms with Gasteiger partial charge in [-0.15, -0.1) is 11.8 Å². The molecule has 1 N–H and O–H groups in total. The van der Waals surface area contributed by atoms with Gasteiger partial charge in [-0.25, -0.2) is 4.79 Å². The molecular formula is C21H25NO3S. The fourth-order valence-corrected chi connectivity index (χ4v) is 3.04. The van der Waals surface area contributed by atoms with E-state index in [-0.39, 0.29) is 5.91 Å². The van der Waals surface area contributed by atoms with E-state index in [1.807, 2.05) is 54.8 Å². The molecule has 1 amide bonds. The Kier molecular flexibility index (Phi) is 7.73. The molecule has 26 heavy (non-hydrogen) atoms. The second-order valence-corrected chi connectivity index (χ2v) is 7.22. The standard InChI is InChI=1S/C21H25NO3S/c1-15(2)13-14-25-21(24)19(16-9-5-4-6-10-16)22-20(23)17-11-7-8-12-18(17)26-3/h4-12,15,19H,13-14H2,1-3H3,(H,22,23)/t19-/m1/s1. The molecule has 0 bridgehead atoms. The third-order valence-corrected chi connectivity index (χ3v) is 4.73. The Bertz CT molecular complexity index is 731. The summed E-state index contributed by atoms with van der Waals surface area (Å²) in [6.45, 7) is 4.49. The van der Waals surface area contributed by atoms with Crippen molar-refractivity contribution in [1.29, 1.82) is 0 Å². The molecule has 0 spiro atoms. The Labute approximate surface area is 159 Å². The molecule has 5 heteroatoms. The van der Waals surface area contributed by atoms with Gasteiger partial charge in [0, 0.05) is 4.90 Å². The minimum atomic E-state index is -0.828. The number of thioether (sulfide) groups is 1. The van der Waals surface area contributed by atoms with Gasteiger partial charge in [0.05, 0.1) is 12.2 Å². The quantitative estimate of drug-likeness (QED) is 0.549. The molecule has 1 atom stereocenters. The van der Waals surface area contributed by atoms with Crippen molar-refractivity contribution >= 4 is 23.6 Å². The van der Waals surface area contributed by atoms with E-state index in [0.717, 1.165) is 11.3 Å². The van der Waals surface area contributed by atoms with E-state index in [0.29, 0.717) is 23.7 Å². The first-order valence-corrected chi connectivity index (χ1v) is 9.91. The van der Waals surface area contributed by atoms with Gasteiger partial charge in [0.2, 0.25) is 0 Å². The highest BCUT2D eigenvalue weighted by atomic mass is 32.2. The van der Waals surface area contributed by atoms with Crippen molar-refractivity contribution in [1.82, 2.24) is 5.32 Å². The summed E-state index contributed by atoms with van der Waals surface area (Å²) in [7, 11) is 0. The van der Waals surface area contributed by atoms with Gasteiger partial charge in [0.25, 0.3) is 5.91 Å². The maximum atomic E-state index is 12.8. The molecule has 2 aromatic rings. The van der Waals surface area contributed by atoms with E-state index in [4.69, 9.17) is 4.74 Å². The second-order valence-electron chi connectivity index (χ2n) is 6.37. The van der Waals surface area contributed by atoms with Crippen LogP contribution in [0.25, 0.3) is 0 Å². The molecule has 0 aliphatic heterocycles. The largest absolute Gasteiger partial charge is 0.464 e. The SMILES string of the molecule is CSc1ccccc1C(=O)N[C@@H](C(=O)OCCC(C)C)c1ccccc1. The Balaban J connectivity index is 2.18. The summed E-state index contributed by atoms with van der Waals surface area (Å²) in [6, 6.07) is 15.7. The van der Waals surface area contributed by atoms with Gasteiger partial charge in [0.1, 0.15) is 0 Å². The molecule has 0 heterocycles. The van der Waals surface area contributed by atoms with E-state index in [9.17, 15) is 9.59 Å². The lowest BCUT2D eigenvalue weighted by molar-refractivity contribution is -0.146. The average molecular weight is 372 g/mol. The predicted octanol–water partition coefficient (Wildman–Crippen LogP) is 4.47. The fraction of sp³-hybridized carbons (Fsp3) is 0.333. The van der Waals surface area contributed by atoms with Crippen LogP contribution in [0.2, 0.25) is 0 Å². The monoisotopic (exact) mass is 371 g/mol. The number of hydrogen-bond donors (Lipinski definition) is 1. The molecule has 0 saturated carbocycles. The van der Waals surface area contributed by atoms with Crippen molar-refractivity contribution in [3.8, 4) is 0 Å². The van der Waals surface area contributed by atoms with Crippen LogP contribution in [0, 0.1) is 5.92 Å². The van der Waals surface area contributed by atoms with Gasteiger partial charge in [-0.05, 0) is 36.3 Å². The summed E-state index contributed by atoms with van der Waals surface area (Å²) in [5, 5.41) is 2.84. The number of esters is 1. The minimum Gasteiger partial charge on any atom is -0.464 e. The number of hydrogen-bond acceptors (Lipinski definition) is 4. The van der Waals surface area contributed by atoms with Crippen LogP contribution in [0.3, 0.4) is 0 Å². The Morgan fingerprint density at radius 1 is 1.04 bits per heavy atom. The Morgan fingerprint density at radius 3 is 2.35 bits per heavy atom. The van der Waals surface area contributed by atoms with Crippen molar-refractivity contribution in [2.75, 3.05) is 12.9 Å². The molecule has 4 nitrogen and oxygen atoms in total. The number of nitrogens with one attached hydrogen (secondary N) is 1. The first-order valence-electron chi connectivity index (χ1n) is 8.68. The molecule has 2 aromatic carbocycles. The average Bonchev–Trinajstić information content (AvgIpc) is 2.66. The second kappa shape index (κ2) is 10.0. The zero-order valence-corrected chi connectivity index (χ0v) is 16.2. The van der Waals surface area contributed by atoms with E-state index in [1.54, 1.807) is 6.07 Å². The van der Waals surface area contributed by atoms with Crippen molar-refractivity contribution in [3.05, 3.63) is 65.7 Å². The predicted molar refractivity (Wildman–Crippen MR) is 105 cm³/mol.